The van der Waals surface area contributed by atoms with E-state index in [0.29, 0.717) is 50.1 Å². The Morgan fingerprint density at radius 1 is 1.17 bits per heavy atom. The topological polar surface area (TPSA) is 97.8 Å². The van der Waals surface area contributed by atoms with E-state index in [1.165, 1.54) is 25.3 Å². The number of anilines is 1. The molecule has 36 heavy (non-hydrogen) atoms. The van der Waals surface area contributed by atoms with Gasteiger partial charge < -0.3 is 14.4 Å². The van der Waals surface area contributed by atoms with E-state index in [2.05, 4.69) is 21.8 Å². The third kappa shape index (κ3) is 5.22. The van der Waals surface area contributed by atoms with Crippen LogP contribution in [0.15, 0.2) is 41.4 Å². The maximum atomic E-state index is 13.3. The lowest BCUT2D eigenvalue weighted by molar-refractivity contribution is -0.128. The molecule has 2 heterocycles. The number of aryl methyl sites for hydroxylation is 1. The Morgan fingerprint density at radius 3 is 2.67 bits per heavy atom. The summed E-state index contributed by atoms with van der Waals surface area (Å²) in [5.74, 6) is 1.03. The molecule has 5 rings (SSSR count). The van der Waals surface area contributed by atoms with Gasteiger partial charge in [-0.2, -0.15) is 8.42 Å². The van der Waals surface area contributed by atoms with Crippen molar-refractivity contribution in [2.45, 2.75) is 81.4 Å². The average molecular weight is 514 g/mol. The molecule has 1 atom stereocenters. The van der Waals surface area contributed by atoms with Crippen LogP contribution in [0, 0.1) is 6.92 Å². The molecule has 1 aromatic carbocycles. The molecule has 3 aliphatic rings. The number of nitrogens with zero attached hydrogens (tertiary/aromatic N) is 2. The summed E-state index contributed by atoms with van der Waals surface area (Å²) in [5.41, 5.74) is 1.00. The standard InChI is InChI=1S/C27H35N3O5S/c1-19-11-12-22(21-7-4-3-5-8-21)23(17-19)35-27(13-14-27)26(31)29-36(32,33)25-10-6-9-24(28-25)30-15-16-34-18-20(30)2/h6,9-12,17,20-21H,3-5,7-8,13-16,18H2,1-2H3,(H,29,31)/t20-/m0/s1. The number of nitrogens with one attached hydrogen (secondary N) is 1. The van der Waals surface area contributed by atoms with Crippen LogP contribution in [0.25, 0.3) is 0 Å². The van der Waals surface area contributed by atoms with Gasteiger partial charge in [-0.25, -0.2) is 9.71 Å². The summed E-state index contributed by atoms with van der Waals surface area (Å²) in [6.45, 7) is 5.74. The number of hydrogen-bond acceptors (Lipinski definition) is 7. The van der Waals surface area contributed by atoms with Crippen LogP contribution in [0.4, 0.5) is 5.82 Å². The van der Waals surface area contributed by atoms with Gasteiger partial charge in [0.1, 0.15) is 11.6 Å². The summed E-state index contributed by atoms with van der Waals surface area (Å²) in [6.07, 6.45) is 6.81. The van der Waals surface area contributed by atoms with Gasteiger partial charge in [-0.15, -0.1) is 0 Å². The van der Waals surface area contributed by atoms with E-state index in [4.69, 9.17) is 9.47 Å². The first-order valence-corrected chi connectivity index (χ1v) is 14.4. The fourth-order valence-electron chi connectivity index (χ4n) is 5.23. The van der Waals surface area contributed by atoms with Crippen molar-refractivity contribution in [3.05, 3.63) is 47.5 Å². The Bertz CT molecular complexity index is 1220. The molecule has 2 saturated carbocycles. The highest BCUT2D eigenvalue weighted by atomic mass is 32.2. The molecule has 194 valence electrons. The smallest absolute Gasteiger partial charge is 0.281 e. The van der Waals surface area contributed by atoms with E-state index in [1.807, 2.05) is 24.8 Å². The first-order chi connectivity index (χ1) is 17.3. The highest BCUT2D eigenvalue weighted by Crippen LogP contribution is 2.45. The molecule has 3 fully saturated rings. The number of pyridine rings is 1. The summed E-state index contributed by atoms with van der Waals surface area (Å²) < 4.78 is 40.4. The number of carbonyl (C=O) groups excluding carboxylic acids is 1. The summed E-state index contributed by atoms with van der Waals surface area (Å²) >= 11 is 0. The number of carbonyl (C=O) groups is 1. The molecule has 0 bridgehead atoms. The number of hydrogen-bond donors (Lipinski definition) is 1. The zero-order valence-corrected chi connectivity index (χ0v) is 21.9. The van der Waals surface area contributed by atoms with Crippen molar-refractivity contribution in [2.75, 3.05) is 24.7 Å². The minimum Gasteiger partial charge on any atom is -0.477 e. The highest BCUT2D eigenvalue weighted by Gasteiger charge is 2.54. The van der Waals surface area contributed by atoms with Gasteiger partial charge in [0.15, 0.2) is 10.6 Å². The molecule has 8 nitrogen and oxygen atoms in total. The number of rotatable bonds is 7. The number of morpholine rings is 1. The Labute approximate surface area is 213 Å². The summed E-state index contributed by atoms with van der Waals surface area (Å²) in [7, 11) is -4.16. The van der Waals surface area contributed by atoms with Crippen LogP contribution in [0.5, 0.6) is 5.75 Å². The minimum absolute atomic E-state index is 0.0783. The van der Waals surface area contributed by atoms with E-state index >= 15 is 0 Å². The van der Waals surface area contributed by atoms with Gasteiger partial charge in [0.2, 0.25) is 0 Å². The molecule has 0 radical (unpaired) electrons. The predicted molar refractivity (Wildman–Crippen MR) is 137 cm³/mol. The SMILES string of the molecule is Cc1ccc(C2CCCCC2)c(OC2(C(=O)NS(=O)(=O)c3cccc(N4CCOC[C@@H]4C)n3)CC2)c1. The van der Waals surface area contributed by atoms with Crippen LogP contribution in [0.2, 0.25) is 0 Å². The summed E-state index contributed by atoms with van der Waals surface area (Å²) in [4.78, 5) is 19.6. The molecule has 0 spiro atoms. The lowest BCUT2D eigenvalue weighted by atomic mass is 9.83. The first-order valence-electron chi connectivity index (χ1n) is 13.0. The maximum Gasteiger partial charge on any atom is 0.281 e. The normalized spacial score (nSPS) is 22.2. The second-order valence-corrected chi connectivity index (χ2v) is 12.0. The third-order valence-electron chi connectivity index (χ3n) is 7.51. The quantitative estimate of drug-likeness (QED) is 0.596. The van der Waals surface area contributed by atoms with Crippen LogP contribution in [0.3, 0.4) is 0 Å². The van der Waals surface area contributed by atoms with Crippen LogP contribution < -0.4 is 14.4 Å². The lowest BCUT2D eigenvalue weighted by Gasteiger charge is -2.34. The fourth-order valence-corrected chi connectivity index (χ4v) is 6.23. The monoisotopic (exact) mass is 513 g/mol. The van der Waals surface area contributed by atoms with Crippen molar-refractivity contribution in [3.63, 3.8) is 0 Å². The predicted octanol–water partition coefficient (Wildman–Crippen LogP) is 4.08. The van der Waals surface area contributed by atoms with Crippen molar-refractivity contribution in [2.24, 2.45) is 0 Å². The van der Waals surface area contributed by atoms with Crippen molar-refractivity contribution >= 4 is 21.7 Å². The number of aromatic nitrogens is 1. The molecule has 0 unspecified atom stereocenters. The molecule has 1 saturated heterocycles. The highest BCUT2D eigenvalue weighted by molar-refractivity contribution is 7.90. The molecule has 2 aromatic rings. The van der Waals surface area contributed by atoms with E-state index in [-0.39, 0.29) is 11.1 Å². The van der Waals surface area contributed by atoms with Gasteiger partial charge in [0.05, 0.1) is 19.3 Å². The largest absolute Gasteiger partial charge is 0.477 e. The van der Waals surface area contributed by atoms with E-state index in [9.17, 15) is 13.2 Å². The molecular weight excluding hydrogens is 478 g/mol. The van der Waals surface area contributed by atoms with Crippen molar-refractivity contribution < 1.29 is 22.7 Å². The van der Waals surface area contributed by atoms with Crippen molar-refractivity contribution in [1.29, 1.82) is 0 Å². The maximum absolute atomic E-state index is 13.3. The second kappa shape index (κ2) is 10.0. The van der Waals surface area contributed by atoms with Crippen LogP contribution in [-0.4, -0.2) is 50.7 Å². The molecule has 1 aromatic heterocycles. The van der Waals surface area contributed by atoms with Gasteiger partial charge >= 0.3 is 0 Å². The van der Waals surface area contributed by atoms with Crippen LogP contribution in [0.1, 0.15) is 68.9 Å². The van der Waals surface area contributed by atoms with Crippen LogP contribution in [-0.2, 0) is 19.6 Å². The van der Waals surface area contributed by atoms with Gasteiger partial charge in [0.25, 0.3) is 15.9 Å². The molecule has 1 aliphatic heterocycles. The number of sulfonamides is 1. The number of ether oxygens (including phenoxy) is 2. The lowest BCUT2D eigenvalue weighted by Crippen LogP contribution is -2.45. The molecule has 1 amide bonds. The minimum atomic E-state index is -4.16. The Balaban J connectivity index is 1.33. The van der Waals surface area contributed by atoms with Crippen molar-refractivity contribution in [1.82, 2.24) is 9.71 Å². The van der Waals surface area contributed by atoms with Crippen LogP contribution >= 0.6 is 0 Å². The van der Waals surface area contributed by atoms with Gasteiger partial charge in [0, 0.05) is 19.4 Å². The fraction of sp³-hybridized carbons (Fsp3) is 0.556. The average Bonchev–Trinajstić information content (AvgIpc) is 3.66. The first kappa shape index (κ1) is 25.0. The number of benzene rings is 1. The zero-order chi connectivity index (χ0) is 25.3. The second-order valence-electron chi connectivity index (χ2n) is 10.4. The van der Waals surface area contributed by atoms with Gasteiger partial charge in [-0.1, -0.05) is 37.5 Å². The molecule has 9 heteroatoms. The summed E-state index contributed by atoms with van der Waals surface area (Å²) in [5, 5.41) is -0.179. The zero-order valence-electron chi connectivity index (χ0n) is 21.0. The Morgan fingerprint density at radius 2 is 1.94 bits per heavy atom. The van der Waals surface area contributed by atoms with E-state index < -0.39 is 21.5 Å². The molecule has 2 aliphatic carbocycles. The summed E-state index contributed by atoms with van der Waals surface area (Å²) in [6, 6.07) is 11.1. The Kier molecular flexibility index (Phi) is 6.96. The molecular formula is C27H35N3O5S. The van der Waals surface area contributed by atoms with Gasteiger partial charge in [-0.3, -0.25) is 4.79 Å². The van der Waals surface area contributed by atoms with Gasteiger partial charge in [-0.05, 0) is 61.9 Å². The molecule has 1 N–H and O–H groups in total. The van der Waals surface area contributed by atoms with E-state index in [0.717, 1.165) is 24.0 Å². The van der Waals surface area contributed by atoms with Crippen molar-refractivity contribution in [3.8, 4) is 5.75 Å². The Hall–Kier alpha value is -2.65. The number of amides is 1. The van der Waals surface area contributed by atoms with E-state index in [1.54, 1.807) is 12.1 Å². The third-order valence-corrected chi connectivity index (χ3v) is 8.74.